The molecule has 0 fully saturated rings. The lowest BCUT2D eigenvalue weighted by molar-refractivity contribution is -0.132. The molecule has 0 spiro atoms. The molecule has 3 aromatic rings. The van der Waals surface area contributed by atoms with Crippen molar-refractivity contribution in [3.8, 4) is 17.1 Å². The van der Waals surface area contributed by atoms with Crippen LogP contribution in [0.2, 0.25) is 0 Å². The van der Waals surface area contributed by atoms with Gasteiger partial charge in [-0.15, -0.1) is 0 Å². The highest BCUT2D eigenvalue weighted by molar-refractivity contribution is 9.10. The van der Waals surface area contributed by atoms with Crippen LogP contribution in [0.5, 0.6) is 5.75 Å². The number of nitrogens with zero attached hydrogens (tertiary/aromatic N) is 3. The first kappa shape index (κ1) is 20.1. The molecule has 0 atom stereocenters. The standard InChI is InChI=1S/C21H22BrN3O3/c1-13-6-5-7-16(8-13)21-23-18(28-24-21)11-25(4)19(26)12-27-17-9-14(2)20(22)15(3)10-17/h5-10H,11-12H2,1-4H3. The van der Waals surface area contributed by atoms with Gasteiger partial charge in [0.2, 0.25) is 11.7 Å². The quantitative estimate of drug-likeness (QED) is 0.562. The second-order valence-corrected chi connectivity index (χ2v) is 7.58. The summed E-state index contributed by atoms with van der Waals surface area (Å²) < 4.78 is 12.0. The summed E-state index contributed by atoms with van der Waals surface area (Å²) in [6.45, 7) is 6.14. The Bertz CT molecular complexity index is 977. The van der Waals surface area contributed by atoms with Crippen molar-refractivity contribution < 1.29 is 14.1 Å². The van der Waals surface area contributed by atoms with E-state index < -0.39 is 0 Å². The molecule has 146 valence electrons. The lowest BCUT2D eigenvalue weighted by Crippen LogP contribution is -2.31. The zero-order valence-electron chi connectivity index (χ0n) is 16.3. The van der Waals surface area contributed by atoms with Crippen molar-refractivity contribution in [3.05, 3.63) is 63.5 Å². The molecule has 2 aromatic carbocycles. The number of carbonyl (C=O) groups excluding carboxylic acids is 1. The Labute approximate surface area is 172 Å². The predicted molar refractivity (Wildman–Crippen MR) is 110 cm³/mol. The van der Waals surface area contributed by atoms with E-state index in [1.54, 1.807) is 7.05 Å². The van der Waals surface area contributed by atoms with Crippen molar-refractivity contribution in [2.45, 2.75) is 27.3 Å². The van der Waals surface area contributed by atoms with E-state index in [1.165, 1.54) is 4.90 Å². The van der Waals surface area contributed by atoms with Crippen LogP contribution in [0.25, 0.3) is 11.4 Å². The summed E-state index contributed by atoms with van der Waals surface area (Å²) in [4.78, 5) is 18.3. The Morgan fingerprint density at radius 2 is 1.89 bits per heavy atom. The summed E-state index contributed by atoms with van der Waals surface area (Å²) >= 11 is 3.52. The van der Waals surface area contributed by atoms with Gasteiger partial charge in [0, 0.05) is 17.1 Å². The summed E-state index contributed by atoms with van der Waals surface area (Å²) in [5.41, 5.74) is 4.12. The highest BCUT2D eigenvalue weighted by atomic mass is 79.9. The van der Waals surface area contributed by atoms with Crippen LogP contribution in [0, 0.1) is 20.8 Å². The van der Waals surface area contributed by atoms with E-state index in [1.807, 2.05) is 57.2 Å². The third-order valence-electron chi connectivity index (χ3n) is 4.31. The first-order chi connectivity index (χ1) is 13.3. The third kappa shape index (κ3) is 4.78. The molecule has 0 bridgehead atoms. The van der Waals surface area contributed by atoms with E-state index in [-0.39, 0.29) is 19.1 Å². The molecule has 1 heterocycles. The number of carbonyl (C=O) groups is 1. The van der Waals surface area contributed by atoms with Crippen LogP contribution >= 0.6 is 15.9 Å². The molecule has 0 aliphatic heterocycles. The van der Waals surface area contributed by atoms with Crippen molar-refractivity contribution in [2.24, 2.45) is 0 Å². The molecule has 3 rings (SSSR count). The number of hydrogen-bond donors (Lipinski definition) is 0. The van der Waals surface area contributed by atoms with E-state index in [0.29, 0.717) is 17.5 Å². The van der Waals surface area contributed by atoms with Crippen molar-refractivity contribution in [3.63, 3.8) is 0 Å². The van der Waals surface area contributed by atoms with E-state index in [4.69, 9.17) is 9.26 Å². The molecule has 0 saturated heterocycles. The van der Waals surface area contributed by atoms with Gasteiger partial charge in [0.25, 0.3) is 5.91 Å². The van der Waals surface area contributed by atoms with Gasteiger partial charge in [0.1, 0.15) is 5.75 Å². The highest BCUT2D eigenvalue weighted by Crippen LogP contribution is 2.26. The van der Waals surface area contributed by atoms with Crippen LogP contribution < -0.4 is 4.74 Å². The van der Waals surface area contributed by atoms with Crippen LogP contribution in [0.4, 0.5) is 0 Å². The van der Waals surface area contributed by atoms with Crippen molar-refractivity contribution in [1.29, 1.82) is 0 Å². The Kier molecular flexibility index (Phi) is 6.14. The van der Waals surface area contributed by atoms with Crippen LogP contribution in [-0.4, -0.2) is 34.6 Å². The monoisotopic (exact) mass is 443 g/mol. The Morgan fingerprint density at radius 3 is 2.57 bits per heavy atom. The molecule has 0 unspecified atom stereocenters. The Hall–Kier alpha value is -2.67. The summed E-state index contributed by atoms with van der Waals surface area (Å²) in [6.07, 6.45) is 0. The van der Waals surface area contributed by atoms with Gasteiger partial charge in [-0.1, -0.05) is 44.8 Å². The van der Waals surface area contributed by atoms with Crippen LogP contribution in [-0.2, 0) is 11.3 Å². The number of benzene rings is 2. The Morgan fingerprint density at radius 1 is 1.18 bits per heavy atom. The molecule has 7 heteroatoms. The molecular weight excluding hydrogens is 422 g/mol. The zero-order valence-corrected chi connectivity index (χ0v) is 17.9. The van der Waals surface area contributed by atoms with Crippen molar-refractivity contribution in [2.75, 3.05) is 13.7 Å². The fraction of sp³-hybridized carbons (Fsp3) is 0.286. The van der Waals surface area contributed by atoms with E-state index in [0.717, 1.165) is 26.7 Å². The fourth-order valence-corrected chi connectivity index (χ4v) is 2.99. The number of rotatable bonds is 6. The highest BCUT2D eigenvalue weighted by Gasteiger charge is 2.16. The maximum absolute atomic E-state index is 12.4. The lowest BCUT2D eigenvalue weighted by Gasteiger charge is -2.16. The van der Waals surface area contributed by atoms with Crippen molar-refractivity contribution in [1.82, 2.24) is 15.0 Å². The molecule has 0 aliphatic carbocycles. The van der Waals surface area contributed by atoms with E-state index in [9.17, 15) is 4.79 Å². The largest absolute Gasteiger partial charge is 0.484 e. The minimum Gasteiger partial charge on any atom is -0.484 e. The van der Waals surface area contributed by atoms with Gasteiger partial charge >= 0.3 is 0 Å². The zero-order chi connectivity index (χ0) is 20.3. The van der Waals surface area contributed by atoms with Crippen LogP contribution in [0.3, 0.4) is 0 Å². The number of aryl methyl sites for hydroxylation is 3. The van der Waals surface area contributed by atoms with Gasteiger partial charge in [-0.2, -0.15) is 4.98 Å². The van der Waals surface area contributed by atoms with Crippen LogP contribution in [0.1, 0.15) is 22.6 Å². The number of hydrogen-bond acceptors (Lipinski definition) is 5. The van der Waals surface area contributed by atoms with E-state index in [2.05, 4.69) is 26.1 Å². The van der Waals surface area contributed by atoms with Gasteiger partial charge < -0.3 is 14.2 Å². The average molecular weight is 444 g/mol. The fourth-order valence-electron chi connectivity index (χ4n) is 2.76. The first-order valence-electron chi connectivity index (χ1n) is 8.86. The maximum atomic E-state index is 12.4. The van der Waals surface area contributed by atoms with Gasteiger partial charge in [-0.3, -0.25) is 4.79 Å². The van der Waals surface area contributed by atoms with Gasteiger partial charge in [-0.25, -0.2) is 0 Å². The number of aromatic nitrogens is 2. The number of ether oxygens (including phenoxy) is 1. The molecule has 28 heavy (non-hydrogen) atoms. The predicted octanol–water partition coefficient (Wildman–Crippen LogP) is 4.46. The minimum atomic E-state index is -0.173. The molecule has 6 nitrogen and oxygen atoms in total. The lowest BCUT2D eigenvalue weighted by atomic mass is 10.1. The topological polar surface area (TPSA) is 68.5 Å². The van der Waals surface area contributed by atoms with Gasteiger partial charge in [-0.05, 0) is 50.1 Å². The summed E-state index contributed by atoms with van der Waals surface area (Å²) in [5.74, 6) is 1.38. The number of amides is 1. The Balaban J connectivity index is 1.59. The SMILES string of the molecule is Cc1cccc(-c2noc(CN(C)C(=O)COc3cc(C)c(Br)c(C)c3)n2)c1. The van der Waals surface area contributed by atoms with Gasteiger partial charge in [0.15, 0.2) is 6.61 Å². The molecule has 0 aliphatic rings. The molecule has 1 aromatic heterocycles. The second kappa shape index (κ2) is 8.56. The minimum absolute atomic E-state index is 0.0596. The molecular formula is C21H22BrN3O3. The maximum Gasteiger partial charge on any atom is 0.260 e. The second-order valence-electron chi connectivity index (χ2n) is 6.79. The summed E-state index contributed by atoms with van der Waals surface area (Å²) in [6, 6.07) is 11.7. The van der Waals surface area contributed by atoms with Crippen molar-refractivity contribution >= 4 is 21.8 Å². The molecule has 0 N–H and O–H groups in total. The average Bonchev–Trinajstić information content (AvgIpc) is 3.12. The summed E-state index contributed by atoms with van der Waals surface area (Å²) in [5, 5.41) is 4.00. The summed E-state index contributed by atoms with van der Waals surface area (Å²) in [7, 11) is 1.68. The molecule has 1 amide bonds. The first-order valence-corrected chi connectivity index (χ1v) is 9.66. The molecule has 0 radical (unpaired) electrons. The molecule has 0 saturated carbocycles. The number of likely N-dealkylation sites (N-methyl/N-ethyl adjacent to an activating group) is 1. The van der Waals surface area contributed by atoms with E-state index >= 15 is 0 Å². The smallest absolute Gasteiger partial charge is 0.260 e. The number of halogens is 1. The normalized spacial score (nSPS) is 10.8. The van der Waals surface area contributed by atoms with Crippen LogP contribution in [0.15, 0.2) is 45.4 Å². The third-order valence-corrected chi connectivity index (χ3v) is 5.57. The van der Waals surface area contributed by atoms with Gasteiger partial charge in [0.05, 0.1) is 6.54 Å².